The van der Waals surface area contributed by atoms with Gasteiger partial charge >= 0.3 is 0 Å². The minimum atomic E-state index is -3.31. The zero-order chi connectivity index (χ0) is 11.9. The van der Waals surface area contributed by atoms with Gasteiger partial charge in [-0.15, -0.1) is 5.73 Å². The quantitative estimate of drug-likeness (QED) is 0.580. The SMILES string of the molecule is CCCCC=C=CS(=O)(=O)c1ccccc1. The molecule has 3 heteroatoms. The monoisotopic (exact) mass is 236 g/mol. The van der Waals surface area contributed by atoms with Crippen LogP contribution in [0.1, 0.15) is 26.2 Å². The molecule has 0 aliphatic carbocycles. The third kappa shape index (κ3) is 4.05. The highest BCUT2D eigenvalue weighted by atomic mass is 32.2. The van der Waals surface area contributed by atoms with Crippen LogP contribution in [0.15, 0.2) is 52.4 Å². The van der Waals surface area contributed by atoms with Crippen LogP contribution in [-0.2, 0) is 9.84 Å². The van der Waals surface area contributed by atoms with Crippen molar-refractivity contribution in [2.45, 2.75) is 31.1 Å². The van der Waals surface area contributed by atoms with Gasteiger partial charge in [0.25, 0.3) is 0 Å². The molecule has 86 valence electrons. The Hall–Kier alpha value is -1.31. The Balaban J connectivity index is 2.77. The molecule has 0 radical (unpaired) electrons. The Labute approximate surface area is 97.2 Å². The summed E-state index contributed by atoms with van der Waals surface area (Å²) < 4.78 is 23.5. The van der Waals surface area contributed by atoms with Gasteiger partial charge in [0.2, 0.25) is 9.84 Å². The van der Waals surface area contributed by atoms with E-state index in [4.69, 9.17) is 0 Å². The molecule has 0 N–H and O–H groups in total. The summed E-state index contributed by atoms with van der Waals surface area (Å²) in [5.41, 5.74) is 2.72. The normalized spacial score (nSPS) is 10.6. The Morgan fingerprint density at radius 3 is 2.56 bits per heavy atom. The van der Waals surface area contributed by atoms with Crippen LogP contribution in [0.3, 0.4) is 0 Å². The molecule has 0 atom stereocenters. The molecule has 1 aromatic carbocycles. The molecule has 0 saturated heterocycles. The molecule has 0 aliphatic heterocycles. The van der Waals surface area contributed by atoms with Crippen LogP contribution in [0.5, 0.6) is 0 Å². The Bertz CT molecular complexity index is 466. The summed E-state index contributed by atoms with van der Waals surface area (Å²) >= 11 is 0. The summed E-state index contributed by atoms with van der Waals surface area (Å²) in [6, 6.07) is 8.38. The molecule has 16 heavy (non-hydrogen) atoms. The van der Waals surface area contributed by atoms with Crippen molar-refractivity contribution in [3.05, 3.63) is 47.5 Å². The average molecular weight is 236 g/mol. The highest BCUT2D eigenvalue weighted by molar-refractivity contribution is 7.94. The molecular weight excluding hydrogens is 220 g/mol. The van der Waals surface area contributed by atoms with Gasteiger partial charge in [0, 0.05) is 0 Å². The highest BCUT2D eigenvalue weighted by Gasteiger charge is 2.07. The maximum absolute atomic E-state index is 11.7. The van der Waals surface area contributed by atoms with Crippen molar-refractivity contribution < 1.29 is 8.42 Å². The third-order valence-corrected chi connectivity index (χ3v) is 3.49. The molecule has 1 rings (SSSR count). The lowest BCUT2D eigenvalue weighted by Crippen LogP contribution is -1.94. The first-order valence-corrected chi connectivity index (χ1v) is 6.92. The Morgan fingerprint density at radius 1 is 1.25 bits per heavy atom. The fraction of sp³-hybridized carbons (Fsp3) is 0.308. The molecule has 0 heterocycles. The zero-order valence-corrected chi connectivity index (χ0v) is 10.2. The molecule has 2 nitrogen and oxygen atoms in total. The van der Waals surface area contributed by atoms with Gasteiger partial charge in [-0.25, -0.2) is 8.42 Å². The Morgan fingerprint density at radius 2 is 1.94 bits per heavy atom. The van der Waals surface area contributed by atoms with Crippen LogP contribution >= 0.6 is 0 Å². The number of allylic oxidation sites excluding steroid dienone is 1. The Kier molecular flexibility index (Phi) is 5.03. The molecule has 0 aliphatic rings. The van der Waals surface area contributed by atoms with Crippen molar-refractivity contribution >= 4 is 9.84 Å². The van der Waals surface area contributed by atoms with Crippen molar-refractivity contribution in [2.75, 3.05) is 0 Å². The number of benzene rings is 1. The van der Waals surface area contributed by atoms with E-state index >= 15 is 0 Å². The predicted octanol–water partition coefficient (Wildman–Crippen LogP) is 3.32. The van der Waals surface area contributed by atoms with Gasteiger partial charge < -0.3 is 0 Å². The fourth-order valence-electron chi connectivity index (χ4n) is 1.21. The van der Waals surface area contributed by atoms with E-state index in [1.54, 1.807) is 36.4 Å². The molecule has 1 aromatic rings. The van der Waals surface area contributed by atoms with Crippen molar-refractivity contribution in [3.8, 4) is 0 Å². The minimum Gasteiger partial charge on any atom is -0.218 e. The van der Waals surface area contributed by atoms with Crippen molar-refractivity contribution in [1.82, 2.24) is 0 Å². The van der Waals surface area contributed by atoms with E-state index in [0.717, 1.165) is 24.7 Å². The van der Waals surface area contributed by atoms with E-state index < -0.39 is 9.84 Å². The van der Waals surface area contributed by atoms with E-state index in [-0.39, 0.29) is 0 Å². The maximum atomic E-state index is 11.7. The lowest BCUT2D eigenvalue weighted by atomic mass is 10.2. The van der Waals surface area contributed by atoms with Gasteiger partial charge in [0.15, 0.2) is 0 Å². The van der Waals surface area contributed by atoms with Crippen molar-refractivity contribution in [2.24, 2.45) is 0 Å². The molecule has 0 bridgehead atoms. The lowest BCUT2D eigenvalue weighted by molar-refractivity contribution is 0.604. The molecule has 0 saturated carbocycles. The van der Waals surface area contributed by atoms with Crippen LogP contribution in [0.4, 0.5) is 0 Å². The largest absolute Gasteiger partial charge is 0.218 e. The second-order valence-electron chi connectivity index (χ2n) is 3.49. The number of unbranched alkanes of at least 4 members (excludes halogenated alkanes) is 2. The van der Waals surface area contributed by atoms with Crippen LogP contribution in [0.2, 0.25) is 0 Å². The summed E-state index contributed by atoms with van der Waals surface area (Å²) in [4.78, 5) is 0.311. The van der Waals surface area contributed by atoms with E-state index in [9.17, 15) is 8.42 Å². The summed E-state index contributed by atoms with van der Waals surface area (Å²) in [6.45, 7) is 2.10. The summed E-state index contributed by atoms with van der Waals surface area (Å²) in [5.74, 6) is 0. The van der Waals surface area contributed by atoms with Gasteiger partial charge in [-0.2, -0.15) is 0 Å². The molecule has 0 fully saturated rings. The molecule has 0 aromatic heterocycles. The molecule has 0 amide bonds. The number of hydrogen-bond donors (Lipinski definition) is 0. The molecular formula is C13H16O2S. The minimum absolute atomic E-state index is 0.311. The molecule has 0 spiro atoms. The zero-order valence-electron chi connectivity index (χ0n) is 9.39. The first kappa shape index (κ1) is 12.8. The van der Waals surface area contributed by atoms with Gasteiger partial charge in [0.1, 0.15) is 0 Å². The first-order valence-electron chi connectivity index (χ1n) is 5.38. The second-order valence-corrected chi connectivity index (χ2v) is 5.29. The standard InChI is InChI=1S/C13H16O2S/c1-2-3-4-5-9-12-16(14,15)13-10-7-6-8-11-13/h5-8,10-12H,2-4H2,1H3. The fourth-order valence-corrected chi connectivity index (χ4v) is 2.15. The van der Waals surface area contributed by atoms with Crippen LogP contribution in [0.25, 0.3) is 0 Å². The van der Waals surface area contributed by atoms with E-state index in [1.807, 2.05) is 0 Å². The highest BCUT2D eigenvalue weighted by Crippen LogP contribution is 2.10. The average Bonchev–Trinajstić information content (AvgIpc) is 2.30. The lowest BCUT2D eigenvalue weighted by Gasteiger charge is -1.95. The first-order chi connectivity index (χ1) is 7.67. The van der Waals surface area contributed by atoms with E-state index in [2.05, 4.69) is 12.7 Å². The second kappa shape index (κ2) is 6.31. The smallest absolute Gasteiger partial charge is 0.207 e. The van der Waals surface area contributed by atoms with E-state index in [0.29, 0.717) is 4.90 Å². The number of hydrogen-bond acceptors (Lipinski definition) is 2. The van der Waals surface area contributed by atoms with Gasteiger partial charge in [-0.1, -0.05) is 31.5 Å². The predicted molar refractivity (Wildman–Crippen MR) is 65.8 cm³/mol. The number of rotatable bonds is 5. The summed E-state index contributed by atoms with van der Waals surface area (Å²) in [6.07, 6.45) is 4.80. The summed E-state index contributed by atoms with van der Waals surface area (Å²) in [5, 5.41) is 1.14. The molecule has 0 unspecified atom stereocenters. The van der Waals surface area contributed by atoms with Crippen LogP contribution in [-0.4, -0.2) is 8.42 Å². The van der Waals surface area contributed by atoms with Gasteiger partial charge in [-0.3, -0.25) is 0 Å². The van der Waals surface area contributed by atoms with Crippen LogP contribution in [0, 0.1) is 0 Å². The summed E-state index contributed by atoms with van der Waals surface area (Å²) in [7, 11) is -3.31. The third-order valence-electron chi connectivity index (χ3n) is 2.11. The number of sulfone groups is 1. The van der Waals surface area contributed by atoms with E-state index in [1.165, 1.54) is 0 Å². The topological polar surface area (TPSA) is 34.1 Å². The van der Waals surface area contributed by atoms with Crippen molar-refractivity contribution in [3.63, 3.8) is 0 Å². The van der Waals surface area contributed by atoms with Crippen LogP contribution < -0.4 is 0 Å². The van der Waals surface area contributed by atoms with Gasteiger partial charge in [-0.05, 0) is 31.1 Å². The van der Waals surface area contributed by atoms with Crippen molar-refractivity contribution in [1.29, 1.82) is 0 Å². The van der Waals surface area contributed by atoms with Gasteiger partial charge in [0.05, 0.1) is 10.3 Å². The maximum Gasteiger partial charge on any atom is 0.207 e.